The number of benzene rings is 1. The van der Waals surface area contributed by atoms with E-state index in [9.17, 15) is 19.5 Å². The predicted octanol–water partition coefficient (Wildman–Crippen LogP) is 5.72. The second-order valence-electron chi connectivity index (χ2n) is 13.8. The van der Waals surface area contributed by atoms with Crippen LogP contribution < -0.4 is 15.4 Å². The zero-order chi connectivity index (χ0) is 31.9. The van der Waals surface area contributed by atoms with Gasteiger partial charge >= 0.3 is 12.1 Å². The number of anilines is 1. The molecule has 240 valence electrons. The molecule has 10 nitrogen and oxygen atoms in total. The van der Waals surface area contributed by atoms with Crippen LogP contribution in [0.2, 0.25) is 0 Å². The van der Waals surface area contributed by atoms with Gasteiger partial charge in [-0.25, -0.2) is 9.78 Å². The molecule has 0 aliphatic heterocycles. The number of aromatic nitrogens is 1. The number of rotatable bonds is 8. The number of ether oxygens (including phenoxy) is 3. The smallest absolute Gasteiger partial charge is 0.408 e. The first-order valence-electron chi connectivity index (χ1n) is 15.5. The van der Waals surface area contributed by atoms with Crippen LogP contribution in [0.1, 0.15) is 88.1 Å². The number of aryl methyl sites for hydroxylation is 2. The lowest BCUT2D eigenvalue weighted by molar-refractivity contribution is -0.259. The third-order valence-corrected chi connectivity index (χ3v) is 10.6. The molecule has 1 aromatic carbocycles. The topological polar surface area (TPSA) is 136 Å². The molecule has 0 bridgehead atoms. The number of thiazole rings is 1. The Labute approximate surface area is 263 Å². The number of aliphatic hydroxyl groups is 1. The molecule has 3 aliphatic rings. The molecule has 2 fully saturated rings. The Morgan fingerprint density at radius 3 is 2.66 bits per heavy atom. The number of esters is 1. The minimum atomic E-state index is -1.73. The molecular weight excluding hydrogens is 582 g/mol. The lowest BCUT2D eigenvalue weighted by Gasteiger charge is -2.53. The van der Waals surface area contributed by atoms with E-state index in [1.807, 2.05) is 19.9 Å². The van der Waals surface area contributed by atoms with Gasteiger partial charge in [0.1, 0.15) is 17.9 Å². The number of carbonyl (C=O) groups is 3. The molecule has 2 saturated carbocycles. The SMILES string of the molecule is COc1ccc2c(c1)CCC1C2CC[C@@]2(C)C1[C@H](CCC(=O)Nc1ncc(C)s1)C[C@]2(O)OC(=O)CNC(=O)OC(C)(C)C. The van der Waals surface area contributed by atoms with Crippen LogP contribution in [-0.4, -0.2) is 53.1 Å². The summed E-state index contributed by atoms with van der Waals surface area (Å²) in [5.41, 5.74) is 1.21. The average molecular weight is 628 g/mol. The van der Waals surface area contributed by atoms with Crippen molar-refractivity contribution in [1.29, 1.82) is 0 Å². The van der Waals surface area contributed by atoms with Crippen molar-refractivity contribution < 1.29 is 33.7 Å². The van der Waals surface area contributed by atoms with Gasteiger partial charge in [-0.15, -0.1) is 11.3 Å². The number of amides is 2. The van der Waals surface area contributed by atoms with Crippen LogP contribution in [0.15, 0.2) is 24.4 Å². The van der Waals surface area contributed by atoms with E-state index in [-0.39, 0.29) is 36.5 Å². The Hall–Kier alpha value is -3.18. The van der Waals surface area contributed by atoms with E-state index in [0.717, 1.165) is 29.9 Å². The molecule has 5 rings (SSSR count). The number of nitrogens with one attached hydrogen (secondary N) is 2. The van der Waals surface area contributed by atoms with Crippen LogP contribution in [0.3, 0.4) is 0 Å². The van der Waals surface area contributed by atoms with Crippen molar-refractivity contribution >= 4 is 34.4 Å². The Balaban J connectivity index is 1.36. The van der Waals surface area contributed by atoms with Crippen LogP contribution >= 0.6 is 11.3 Å². The number of carbonyl (C=O) groups excluding carboxylic acids is 3. The third-order valence-electron chi connectivity index (χ3n) is 9.79. The molecule has 11 heteroatoms. The van der Waals surface area contributed by atoms with Crippen LogP contribution in [0.4, 0.5) is 9.93 Å². The van der Waals surface area contributed by atoms with Crippen LogP contribution in [-0.2, 0) is 25.5 Å². The maximum atomic E-state index is 13.0. The van der Waals surface area contributed by atoms with Gasteiger partial charge in [0, 0.05) is 29.3 Å². The molecule has 1 heterocycles. The minimum absolute atomic E-state index is 0.0306. The third kappa shape index (κ3) is 6.59. The number of methoxy groups -OCH3 is 1. The summed E-state index contributed by atoms with van der Waals surface area (Å²) in [5, 5.41) is 18.1. The Morgan fingerprint density at radius 2 is 1.98 bits per heavy atom. The maximum Gasteiger partial charge on any atom is 0.408 e. The van der Waals surface area contributed by atoms with E-state index >= 15 is 0 Å². The largest absolute Gasteiger partial charge is 0.497 e. The monoisotopic (exact) mass is 627 g/mol. The molecule has 44 heavy (non-hydrogen) atoms. The number of fused-ring (bicyclic) bond motifs is 5. The van der Waals surface area contributed by atoms with E-state index in [1.54, 1.807) is 34.1 Å². The van der Waals surface area contributed by atoms with Gasteiger partial charge in [0.05, 0.1) is 7.11 Å². The fourth-order valence-electron chi connectivity index (χ4n) is 8.01. The quantitative estimate of drug-likeness (QED) is 0.250. The first kappa shape index (κ1) is 32.2. The number of alkyl carbamates (subject to hydrolysis) is 1. The fourth-order valence-corrected chi connectivity index (χ4v) is 8.69. The second-order valence-corrected chi connectivity index (χ2v) is 15.0. The summed E-state index contributed by atoms with van der Waals surface area (Å²) >= 11 is 1.43. The van der Waals surface area contributed by atoms with Gasteiger partial charge < -0.3 is 30.0 Å². The summed E-state index contributed by atoms with van der Waals surface area (Å²) in [4.78, 5) is 43.4. The number of hydrogen-bond donors (Lipinski definition) is 3. The summed E-state index contributed by atoms with van der Waals surface area (Å²) in [6.45, 7) is 8.77. The first-order chi connectivity index (χ1) is 20.7. The predicted molar refractivity (Wildman–Crippen MR) is 166 cm³/mol. The van der Waals surface area contributed by atoms with Crippen LogP contribution in [0, 0.1) is 30.1 Å². The van der Waals surface area contributed by atoms with E-state index in [0.29, 0.717) is 23.9 Å². The van der Waals surface area contributed by atoms with Crippen molar-refractivity contribution in [3.8, 4) is 5.75 Å². The van der Waals surface area contributed by atoms with E-state index in [2.05, 4.69) is 27.8 Å². The summed E-state index contributed by atoms with van der Waals surface area (Å²) < 4.78 is 16.6. The molecule has 3 N–H and O–H groups in total. The molecule has 1 aromatic heterocycles. The van der Waals surface area contributed by atoms with Gasteiger partial charge in [-0.2, -0.15) is 0 Å². The molecule has 0 spiro atoms. The molecule has 2 amide bonds. The summed E-state index contributed by atoms with van der Waals surface area (Å²) in [7, 11) is 1.68. The highest BCUT2D eigenvalue weighted by atomic mass is 32.1. The Morgan fingerprint density at radius 1 is 1.20 bits per heavy atom. The highest BCUT2D eigenvalue weighted by Crippen LogP contribution is 2.67. The van der Waals surface area contributed by atoms with E-state index < -0.39 is 35.4 Å². The van der Waals surface area contributed by atoms with Crippen molar-refractivity contribution in [1.82, 2.24) is 10.3 Å². The van der Waals surface area contributed by atoms with Gasteiger partial charge in [-0.3, -0.25) is 9.59 Å². The van der Waals surface area contributed by atoms with Gasteiger partial charge in [-0.1, -0.05) is 13.0 Å². The summed E-state index contributed by atoms with van der Waals surface area (Å²) in [5.74, 6) is -1.17. The van der Waals surface area contributed by atoms with Crippen LogP contribution in [0.25, 0.3) is 0 Å². The van der Waals surface area contributed by atoms with E-state index in [1.165, 1.54) is 22.5 Å². The van der Waals surface area contributed by atoms with Crippen LogP contribution in [0.5, 0.6) is 5.75 Å². The standard InChI is InChI=1S/C33H45N3O7S/c1-19-17-34-29(44-19)36-26(37)12-8-21-16-33(40,42-27(38)18-35-30(39)43-31(2,3)4)32(5)14-13-24-23-11-9-22(41-6)15-20(23)7-10-25(24)28(21)32/h9,11,15,17,21,24-25,28,40H,7-8,10,12-14,16,18H2,1-6H3,(H,35,39)(H,34,36,37)/t21-,24?,25?,28?,32+,33+/m1/s1. The van der Waals surface area contributed by atoms with Crippen molar-refractivity contribution in [3.63, 3.8) is 0 Å². The minimum Gasteiger partial charge on any atom is -0.497 e. The summed E-state index contributed by atoms with van der Waals surface area (Å²) in [6.07, 6.45) is 5.40. The second kappa shape index (κ2) is 12.3. The first-order valence-corrected chi connectivity index (χ1v) is 16.3. The zero-order valence-corrected chi connectivity index (χ0v) is 27.3. The highest BCUT2D eigenvalue weighted by Gasteiger charge is 2.67. The highest BCUT2D eigenvalue weighted by molar-refractivity contribution is 7.15. The average Bonchev–Trinajstić information content (AvgIpc) is 3.46. The Kier molecular flexibility index (Phi) is 9.01. The molecular formula is C33H45N3O7S. The van der Waals surface area contributed by atoms with Gasteiger partial charge in [0.25, 0.3) is 0 Å². The summed E-state index contributed by atoms with van der Waals surface area (Å²) in [6, 6.07) is 6.32. The molecule has 2 aromatic rings. The molecule has 6 atom stereocenters. The van der Waals surface area contributed by atoms with E-state index in [4.69, 9.17) is 14.2 Å². The Bertz CT molecular complexity index is 1400. The van der Waals surface area contributed by atoms with Crippen molar-refractivity contribution in [2.45, 2.75) is 96.9 Å². The lowest BCUT2D eigenvalue weighted by atomic mass is 9.53. The molecule has 0 radical (unpaired) electrons. The van der Waals surface area contributed by atoms with Gasteiger partial charge in [0.15, 0.2) is 5.13 Å². The molecule has 3 aliphatic carbocycles. The zero-order valence-electron chi connectivity index (χ0n) is 26.5. The van der Waals surface area contributed by atoms with Gasteiger partial charge in [-0.05, 0) is 107 Å². The maximum absolute atomic E-state index is 13.0. The molecule has 0 saturated heterocycles. The fraction of sp³-hybridized carbons (Fsp3) is 0.636. The number of hydrogen-bond acceptors (Lipinski definition) is 9. The van der Waals surface area contributed by atoms with Crippen molar-refractivity contribution in [2.24, 2.45) is 23.2 Å². The lowest BCUT2D eigenvalue weighted by Crippen LogP contribution is -2.54. The van der Waals surface area contributed by atoms with Crippen molar-refractivity contribution in [2.75, 3.05) is 19.0 Å². The number of nitrogens with zero attached hydrogens (tertiary/aromatic N) is 1. The van der Waals surface area contributed by atoms with Gasteiger partial charge in [0.2, 0.25) is 11.7 Å². The van der Waals surface area contributed by atoms with Crippen molar-refractivity contribution in [3.05, 3.63) is 40.4 Å². The normalized spacial score (nSPS) is 29.1. The molecule has 3 unspecified atom stereocenters.